The third-order valence-electron chi connectivity index (χ3n) is 7.97. The van der Waals surface area contributed by atoms with Crippen LogP contribution in [-0.4, -0.2) is 43.8 Å². The van der Waals surface area contributed by atoms with Crippen LogP contribution in [0, 0.1) is 13.8 Å². The maximum absolute atomic E-state index is 14.6. The Bertz CT molecular complexity index is 1770. The third-order valence-corrected chi connectivity index (χ3v) is 10.2. The molecule has 0 saturated heterocycles. The van der Waals surface area contributed by atoms with Crippen LogP contribution >= 0.6 is 23.2 Å². The number of halogens is 2. The zero-order valence-electron chi connectivity index (χ0n) is 26.4. The molecule has 0 unspecified atom stereocenters. The van der Waals surface area contributed by atoms with Gasteiger partial charge in [-0.25, -0.2) is 8.42 Å². The van der Waals surface area contributed by atoms with E-state index in [1.807, 2.05) is 70.2 Å². The normalized spacial score (nSPS) is 12.7. The van der Waals surface area contributed by atoms with Crippen molar-refractivity contribution in [3.63, 3.8) is 0 Å². The lowest BCUT2D eigenvalue weighted by Crippen LogP contribution is -2.54. The van der Waals surface area contributed by atoms with Gasteiger partial charge in [0.15, 0.2) is 0 Å². The van der Waals surface area contributed by atoms with Gasteiger partial charge in [0.25, 0.3) is 10.0 Å². The van der Waals surface area contributed by atoms with E-state index >= 15 is 0 Å². The van der Waals surface area contributed by atoms with Crippen LogP contribution in [0.5, 0.6) is 0 Å². The van der Waals surface area contributed by atoms with E-state index in [1.54, 1.807) is 30.3 Å². The van der Waals surface area contributed by atoms with Crippen molar-refractivity contribution in [2.75, 3.05) is 10.8 Å². The van der Waals surface area contributed by atoms with Gasteiger partial charge in [-0.15, -0.1) is 0 Å². The van der Waals surface area contributed by atoms with E-state index in [4.69, 9.17) is 23.2 Å². The van der Waals surface area contributed by atoms with E-state index in [-0.39, 0.29) is 29.8 Å². The molecular weight excluding hydrogens is 641 g/mol. The van der Waals surface area contributed by atoms with Crippen LogP contribution in [-0.2, 0) is 32.6 Å². The van der Waals surface area contributed by atoms with Gasteiger partial charge in [-0.1, -0.05) is 78.7 Å². The van der Waals surface area contributed by atoms with Gasteiger partial charge in [-0.05, 0) is 98.0 Å². The number of hydrogen-bond donors (Lipinski definition) is 1. The number of carbonyl (C=O) groups excluding carboxylic acids is 2. The van der Waals surface area contributed by atoms with Crippen LogP contribution in [0.4, 0.5) is 5.69 Å². The van der Waals surface area contributed by atoms with Crippen molar-refractivity contribution < 1.29 is 18.0 Å². The number of nitrogens with one attached hydrogen (secondary N) is 1. The van der Waals surface area contributed by atoms with E-state index in [2.05, 4.69) is 5.32 Å². The molecule has 242 valence electrons. The monoisotopic (exact) mass is 679 g/mol. The second-order valence-electron chi connectivity index (χ2n) is 11.4. The van der Waals surface area contributed by atoms with Crippen molar-refractivity contribution >= 4 is 50.7 Å². The van der Waals surface area contributed by atoms with Gasteiger partial charge >= 0.3 is 0 Å². The van der Waals surface area contributed by atoms with Crippen molar-refractivity contribution in [3.8, 4) is 0 Å². The molecule has 0 aromatic heterocycles. The lowest BCUT2D eigenvalue weighted by Gasteiger charge is -2.34. The molecule has 0 spiro atoms. The Hall–Kier alpha value is -3.85. The van der Waals surface area contributed by atoms with Gasteiger partial charge in [-0.2, -0.15) is 0 Å². The van der Waals surface area contributed by atoms with E-state index in [1.165, 1.54) is 29.2 Å². The SMILES string of the molecule is CC[C@@H](C)NC(=O)[C@@H](Cc1ccccc1)N(Cc1cccc(Cl)c1)C(=O)CN(c1ccc(C)c(C)c1)S(=O)(=O)c1ccc(Cl)cc1. The fourth-order valence-electron chi connectivity index (χ4n) is 4.97. The third kappa shape index (κ3) is 8.90. The second-order valence-corrected chi connectivity index (χ2v) is 14.1. The summed E-state index contributed by atoms with van der Waals surface area (Å²) in [6.45, 7) is 7.17. The Morgan fingerprint density at radius 1 is 0.804 bits per heavy atom. The second kappa shape index (κ2) is 15.6. The molecule has 1 N–H and O–H groups in total. The van der Waals surface area contributed by atoms with Crippen molar-refractivity contribution in [2.24, 2.45) is 0 Å². The van der Waals surface area contributed by atoms with Gasteiger partial charge < -0.3 is 10.2 Å². The number of amides is 2. The lowest BCUT2D eigenvalue weighted by molar-refractivity contribution is -0.140. The molecule has 4 aromatic carbocycles. The van der Waals surface area contributed by atoms with Crippen LogP contribution in [0.3, 0.4) is 0 Å². The molecule has 0 aliphatic rings. The fourth-order valence-corrected chi connectivity index (χ4v) is 6.72. The number of aryl methyl sites for hydroxylation is 2. The van der Waals surface area contributed by atoms with E-state index in [0.29, 0.717) is 27.7 Å². The molecule has 0 saturated carbocycles. The molecule has 7 nitrogen and oxygen atoms in total. The molecule has 2 atom stereocenters. The molecule has 0 aliphatic carbocycles. The molecule has 0 aliphatic heterocycles. The summed E-state index contributed by atoms with van der Waals surface area (Å²) in [6.07, 6.45) is 0.926. The van der Waals surface area contributed by atoms with Crippen molar-refractivity contribution in [2.45, 2.75) is 64.1 Å². The summed E-state index contributed by atoms with van der Waals surface area (Å²) in [4.78, 5) is 30.0. The Morgan fingerprint density at radius 2 is 1.48 bits per heavy atom. The highest BCUT2D eigenvalue weighted by Crippen LogP contribution is 2.28. The van der Waals surface area contributed by atoms with Gasteiger partial charge in [-0.3, -0.25) is 13.9 Å². The van der Waals surface area contributed by atoms with Crippen molar-refractivity contribution in [1.29, 1.82) is 0 Å². The quantitative estimate of drug-likeness (QED) is 0.160. The first-order valence-electron chi connectivity index (χ1n) is 15.1. The molecule has 2 amide bonds. The highest BCUT2D eigenvalue weighted by atomic mass is 35.5. The average molecular weight is 681 g/mol. The van der Waals surface area contributed by atoms with Crippen molar-refractivity contribution in [3.05, 3.63) is 129 Å². The number of sulfonamides is 1. The zero-order valence-corrected chi connectivity index (χ0v) is 28.7. The molecule has 0 bridgehead atoms. The number of nitrogens with zero attached hydrogens (tertiary/aromatic N) is 2. The molecule has 0 radical (unpaired) electrons. The van der Waals surface area contributed by atoms with Crippen LogP contribution in [0.1, 0.15) is 42.5 Å². The summed E-state index contributed by atoms with van der Waals surface area (Å²) in [5, 5.41) is 3.91. The summed E-state index contributed by atoms with van der Waals surface area (Å²) in [7, 11) is -4.23. The summed E-state index contributed by atoms with van der Waals surface area (Å²) in [6, 6.07) is 26.5. The van der Waals surface area contributed by atoms with Crippen LogP contribution in [0.2, 0.25) is 10.0 Å². The summed E-state index contributed by atoms with van der Waals surface area (Å²) < 4.78 is 29.5. The molecular formula is C36H39Cl2N3O4S. The Morgan fingerprint density at radius 3 is 2.11 bits per heavy atom. The standard InChI is InChI=1S/C36H39Cl2N3O4S/c1-5-27(4)39-36(43)34(22-28-10-7-6-8-11-28)40(23-29-12-9-13-31(38)21-29)35(42)24-41(32-17-14-25(2)26(3)20-32)46(44,45)33-18-15-30(37)16-19-33/h6-21,27,34H,5,22-24H2,1-4H3,(H,39,43)/t27-,34-/m1/s1. The predicted molar refractivity (Wildman–Crippen MR) is 186 cm³/mol. The summed E-state index contributed by atoms with van der Waals surface area (Å²) in [5.74, 6) is -0.872. The number of benzene rings is 4. The fraction of sp³-hybridized carbons (Fsp3) is 0.278. The summed E-state index contributed by atoms with van der Waals surface area (Å²) in [5.41, 5.74) is 3.74. The maximum atomic E-state index is 14.6. The minimum absolute atomic E-state index is 0.0142. The van der Waals surface area contributed by atoms with E-state index < -0.39 is 28.5 Å². The Labute approximate surface area is 282 Å². The molecule has 0 fully saturated rings. The largest absolute Gasteiger partial charge is 0.352 e. The first-order chi connectivity index (χ1) is 21.9. The van der Waals surface area contributed by atoms with Gasteiger partial charge in [0.1, 0.15) is 12.6 Å². The van der Waals surface area contributed by atoms with E-state index in [0.717, 1.165) is 21.0 Å². The highest BCUT2D eigenvalue weighted by Gasteiger charge is 2.35. The Balaban J connectivity index is 1.83. The lowest BCUT2D eigenvalue weighted by atomic mass is 10.0. The summed E-state index contributed by atoms with van der Waals surface area (Å²) >= 11 is 12.4. The van der Waals surface area contributed by atoms with Gasteiger partial charge in [0.2, 0.25) is 11.8 Å². The molecule has 4 rings (SSSR count). The number of anilines is 1. The molecule has 0 heterocycles. The number of rotatable bonds is 13. The number of carbonyl (C=O) groups is 2. The Kier molecular flexibility index (Phi) is 11.9. The minimum atomic E-state index is -4.23. The average Bonchev–Trinajstić information content (AvgIpc) is 3.03. The van der Waals surface area contributed by atoms with Crippen LogP contribution in [0.25, 0.3) is 0 Å². The van der Waals surface area contributed by atoms with Gasteiger partial charge in [0, 0.05) is 29.1 Å². The van der Waals surface area contributed by atoms with E-state index in [9.17, 15) is 18.0 Å². The molecule has 4 aromatic rings. The molecule has 46 heavy (non-hydrogen) atoms. The van der Waals surface area contributed by atoms with Crippen LogP contribution in [0.15, 0.2) is 102 Å². The van der Waals surface area contributed by atoms with Crippen molar-refractivity contribution in [1.82, 2.24) is 10.2 Å². The smallest absolute Gasteiger partial charge is 0.264 e. The topological polar surface area (TPSA) is 86.8 Å². The van der Waals surface area contributed by atoms with Crippen LogP contribution < -0.4 is 9.62 Å². The first-order valence-corrected chi connectivity index (χ1v) is 17.3. The predicted octanol–water partition coefficient (Wildman–Crippen LogP) is 7.36. The highest BCUT2D eigenvalue weighted by molar-refractivity contribution is 7.92. The zero-order chi connectivity index (χ0) is 33.4. The number of hydrogen-bond acceptors (Lipinski definition) is 4. The minimum Gasteiger partial charge on any atom is -0.352 e. The van der Waals surface area contributed by atoms with Gasteiger partial charge in [0.05, 0.1) is 10.6 Å². The first kappa shape index (κ1) is 35.0. The molecule has 10 heteroatoms. The maximum Gasteiger partial charge on any atom is 0.264 e.